The predicted molar refractivity (Wildman–Crippen MR) is 90.8 cm³/mol. The number of hydrogen-bond donors (Lipinski definition) is 0. The smallest absolute Gasteiger partial charge is 0.247 e. The molecule has 0 saturated heterocycles. The fraction of sp³-hybridized carbons (Fsp3) is 0.375. The fourth-order valence-electron chi connectivity index (χ4n) is 2.09. The first-order valence-electron chi connectivity index (χ1n) is 7.00. The van der Waals surface area contributed by atoms with Gasteiger partial charge in [-0.15, -0.1) is 3.77 Å². The molecule has 6 heteroatoms. The van der Waals surface area contributed by atoms with E-state index in [0.717, 1.165) is 5.56 Å². The lowest BCUT2D eigenvalue weighted by atomic mass is 10.2. The van der Waals surface area contributed by atoms with Crippen LogP contribution >= 0.6 is 0 Å². The molecular weight excluding hydrogens is 318 g/mol. The quantitative estimate of drug-likeness (QED) is 0.847. The van der Waals surface area contributed by atoms with Gasteiger partial charge in [-0.25, -0.2) is 4.21 Å². The number of nitrogens with zero attached hydrogens (tertiary/aromatic N) is 1. The van der Waals surface area contributed by atoms with Crippen LogP contribution in [0.15, 0.2) is 57.2 Å². The summed E-state index contributed by atoms with van der Waals surface area (Å²) in [5.74, 6) is 0. The lowest BCUT2D eigenvalue weighted by molar-refractivity contribution is 0.596. The highest BCUT2D eigenvalue weighted by Gasteiger charge is 2.35. The Labute approximate surface area is 133 Å². The van der Waals surface area contributed by atoms with Crippen LogP contribution in [0.4, 0.5) is 0 Å². The van der Waals surface area contributed by atoms with E-state index in [1.54, 1.807) is 57.2 Å². The Bertz CT molecular complexity index is 820. The van der Waals surface area contributed by atoms with Crippen LogP contribution in [0.5, 0.6) is 0 Å². The highest BCUT2D eigenvalue weighted by atomic mass is 32.3. The van der Waals surface area contributed by atoms with E-state index in [1.807, 2.05) is 6.92 Å². The van der Waals surface area contributed by atoms with Gasteiger partial charge in [0.2, 0.25) is 0 Å². The summed E-state index contributed by atoms with van der Waals surface area (Å²) in [7, 11) is -7.01. The van der Waals surface area contributed by atoms with Crippen LogP contribution in [0.3, 0.4) is 0 Å². The van der Waals surface area contributed by atoms with E-state index < -0.39 is 29.7 Å². The molecule has 2 rings (SSSR count). The predicted octanol–water partition coefficient (Wildman–Crippen LogP) is 3.44. The molecule has 0 N–H and O–H groups in total. The van der Waals surface area contributed by atoms with Crippen LogP contribution in [0, 0.1) is 6.92 Å². The topological polar surface area (TPSA) is 63.6 Å². The van der Waals surface area contributed by atoms with E-state index in [4.69, 9.17) is 0 Å². The average molecular weight is 339 g/mol. The molecule has 4 nitrogen and oxygen atoms in total. The van der Waals surface area contributed by atoms with Crippen molar-refractivity contribution >= 4 is 19.8 Å². The van der Waals surface area contributed by atoms with E-state index >= 15 is 0 Å². The second kappa shape index (κ2) is 5.66. The molecule has 1 aliphatic carbocycles. The van der Waals surface area contributed by atoms with Crippen molar-refractivity contribution in [3.05, 3.63) is 54.1 Å². The molecule has 1 aliphatic rings. The first kappa shape index (κ1) is 17.0. The number of rotatable bonds is 3. The van der Waals surface area contributed by atoms with Gasteiger partial charge >= 0.3 is 0 Å². The molecule has 1 unspecified atom stereocenters. The van der Waals surface area contributed by atoms with Crippen LogP contribution in [-0.2, 0) is 19.8 Å². The van der Waals surface area contributed by atoms with Crippen LogP contribution < -0.4 is 0 Å². The second-order valence-electron chi connectivity index (χ2n) is 6.28. The summed E-state index contributed by atoms with van der Waals surface area (Å²) in [5.41, 5.74) is 0.956. The third-order valence-corrected chi connectivity index (χ3v) is 8.83. The second-order valence-corrected chi connectivity index (χ2v) is 11.2. The maximum atomic E-state index is 13.4. The Balaban J connectivity index is 2.64. The fourth-order valence-corrected chi connectivity index (χ4v) is 6.80. The first-order chi connectivity index (χ1) is 10.1. The Morgan fingerprint density at radius 2 is 1.45 bits per heavy atom. The average Bonchev–Trinajstić information content (AvgIpc) is 2.91. The van der Waals surface area contributed by atoms with Crippen molar-refractivity contribution in [1.82, 2.24) is 0 Å². The zero-order valence-corrected chi connectivity index (χ0v) is 14.8. The summed E-state index contributed by atoms with van der Waals surface area (Å²) >= 11 is 0. The number of hydrogen-bond acceptors (Lipinski definition) is 3. The SMILES string of the molecule is Cc1ccc(S(=O)(=O)N=S(=O)(C2C=CC=C2)C(C)(C)C)cc1. The molecule has 0 radical (unpaired) electrons. The maximum absolute atomic E-state index is 13.4. The van der Waals surface area contributed by atoms with E-state index in [1.165, 1.54) is 12.1 Å². The largest absolute Gasteiger partial charge is 0.290 e. The Morgan fingerprint density at radius 1 is 0.955 bits per heavy atom. The van der Waals surface area contributed by atoms with Crippen molar-refractivity contribution < 1.29 is 12.6 Å². The summed E-state index contributed by atoms with van der Waals surface area (Å²) in [6.45, 7) is 7.14. The molecule has 0 heterocycles. The molecule has 1 aromatic carbocycles. The first-order valence-corrected chi connectivity index (χ1v) is 10.0. The standard InChI is InChI=1S/C16H21NO3S2/c1-13-9-11-15(12-10-13)22(19,20)17-21(18,16(2,3)4)14-7-5-6-8-14/h5-12,14H,1-4H3. The number of sulfonamides is 1. The highest BCUT2D eigenvalue weighted by molar-refractivity contribution is 8.04. The normalized spacial score (nSPS) is 18.4. The van der Waals surface area contributed by atoms with Gasteiger partial charge in [0, 0.05) is 4.75 Å². The van der Waals surface area contributed by atoms with Crippen LogP contribution in [0.1, 0.15) is 26.3 Å². The summed E-state index contributed by atoms with van der Waals surface area (Å²) in [5, 5.41) is -0.493. The Morgan fingerprint density at radius 3 is 1.91 bits per heavy atom. The molecule has 0 saturated carbocycles. The highest BCUT2D eigenvalue weighted by Crippen LogP contribution is 2.30. The van der Waals surface area contributed by atoms with Crippen LogP contribution in [0.25, 0.3) is 0 Å². The van der Waals surface area contributed by atoms with Gasteiger partial charge in [-0.1, -0.05) is 42.0 Å². The Hall–Kier alpha value is -1.40. The molecule has 0 amide bonds. The molecule has 0 bridgehead atoms. The van der Waals surface area contributed by atoms with E-state index in [0.29, 0.717) is 0 Å². The molecule has 1 atom stereocenters. The minimum atomic E-state index is -3.97. The molecule has 0 aliphatic heterocycles. The van der Waals surface area contributed by atoms with Gasteiger partial charge in [-0.05, 0) is 39.8 Å². The minimum absolute atomic E-state index is 0.0704. The van der Waals surface area contributed by atoms with Crippen molar-refractivity contribution in [2.45, 2.75) is 42.6 Å². The Kier molecular flexibility index (Phi) is 4.37. The monoisotopic (exact) mass is 339 g/mol. The molecule has 1 aromatic rings. The van der Waals surface area contributed by atoms with E-state index in [9.17, 15) is 12.6 Å². The summed E-state index contributed by atoms with van der Waals surface area (Å²) in [6.07, 6.45) is 7.01. The lowest BCUT2D eigenvalue weighted by Crippen LogP contribution is -2.35. The minimum Gasteiger partial charge on any atom is -0.247 e. The van der Waals surface area contributed by atoms with Crippen LogP contribution in [0.2, 0.25) is 0 Å². The third kappa shape index (κ3) is 3.17. The maximum Gasteiger partial charge on any atom is 0.290 e. The molecular formula is C16H21NO3S2. The third-order valence-electron chi connectivity index (χ3n) is 3.49. The zero-order valence-electron chi connectivity index (χ0n) is 13.2. The van der Waals surface area contributed by atoms with E-state index in [2.05, 4.69) is 3.77 Å². The molecule has 120 valence electrons. The van der Waals surface area contributed by atoms with Gasteiger partial charge in [0.1, 0.15) is 0 Å². The van der Waals surface area contributed by atoms with Gasteiger partial charge in [0.15, 0.2) is 0 Å². The van der Waals surface area contributed by atoms with Crippen molar-refractivity contribution in [2.75, 3.05) is 0 Å². The van der Waals surface area contributed by atoms with Crippen LogP contribution in [-0.4, -0.2) is 22.6 Å². The molecule has 0 fully saturated rings. The van der Waals surface area contributed by atoms with Crippen molar-refractivity contribution in [2.24, 2.45) is 3.77 Å². The molecule has 22 heavy (non-hydrogen) atoms. The lowest BCUT2D eigenvalue weighted by Gasteiger charge is -2.27. The molecule has 0 aromatic heterocycles. The van der Waals surface area contributed by atoms with Gasteiger partial charge in [-0.3, -0.25) is 0 Å². The summed E-state index contributed by atoms with van der Waals surface area (Å²) in [6, 6.07) is 6.40. The number of allylic oxidation sites excluding steroid dienone is 2. The van der Waals surface area contributed by atoms with Gasteiger partial charge in [0.25, 0.3) is 10.0 Å². The van der Waals surface area contributed by atoms with Gasteiger partial charge < -0.3 is 0 Å². The number of benzene rings is 1. The van der Waals surface area contributed by atoms with E-state index in [-0.39, 0.29) is 4.90 Å². The van der Waals surface area contributed by atoms with Crippen molar-refractivity contribution in [1.29, 1.82) is 0 Å². The summed E-state index contributed by atoms with van der Waals surface area (Å²) < 4.78 is 41.7. The number of aryl methyl sites for hydroxylation is 1. The van der Waals surface area contributed by atoms with Gasteiger partial charge in [0.05, 0.1) is 19.9 Å². The zero-order chi connectivity index (χ0) is 16.6. The summed E-state index contributed by atoms with van der Waals surface area (Å²) in [4.78, 5) is 0.0704. The molecule has 0 spiro atoms. The van der Waals surface area contributed by atoms with Crippen molar-refractivity contribution in [3.63, 3.8) is 0 Å². The van der Waals surface area contributed by atoms with Crippen molar-refractivity contribution in [3.8, 4) is 0 Å². The van der Waals surface area contributed by atoms with Gasteiger partial charge in [-0.2, -0.15) is 8.42 Å².